The maximum Gasteiger partial charge on any atom is 0.574 e. The monoisotopic (exact) mass is 208 g/mol. The van der Waals surface area contributed by atoms with Crippen molar-refractivity contribution >= 4 is 0 Å². The van der Waals surface area contributed by atoms with E-state index in [2.05, 4.69) is 9.72 Å². The number of aromatic nitrogens is 2. The summed E-state index contributed by atoms with van der Waals surface area (Å²) in [5.74, 6) is 0.207. The number of rotatable bonds is 2. The van der Waals surface area contributed by atoms with Crippen molar-refractivity contribution in [1.82, 2.24) is 9.55 Å². The standard InChI is InChI=1S/C8H11F3N2O/c1-5(2)7-12-6(4-13(7)3)14-8(9,10)11/h4-5H,1-3H3. The summed E-state index contributed by atoms with van der Waals surface area (Å²) in [6, 6.07) is 0. The van der Waals surface area contributed by atoms with Crippen LogP contribution in [0.5, 0.6) is 5.88 Å². The molecule has 0 spiro atoms. The van der Waals surface area contributed by atoms with E-state index in [0.717, 1.165) is 0 Å². The summed E-state index contributed by atoms with van der Waals surface area (Å²) < 4.78 is 40.6. The van der Waals surface area contributed by atoms with E-state index in [4.69, 9.17) is 0 Å². The number of aryl methyl sites for hydroxylation is 1. The summed E-state index contributed by atoms with van der Waals surface area (Å²) in [7, 11) is 1.63. The van der Waals surface area contributed by atoms with Gasteiger partial charge in [-0.3, -0.25) is 0 Å². The highest BCUT2D eigenvalue weighted by Crippen LogP contribution is 2.23. The minimum Gasteiger partial charge on any atom is -0.386 e. The molecule has 0 N–H and O–H groups in total. The van der Waals surface area contributed by atoms with Crippen LogP contribution in [0.25, 0.3) is 0 Å². The first kappa shape index (κ1) is 10.9. The topological polar surface area (TPSA) is 27.1 Å². The van der Waals surface area contributed by atoms with Gasteiger partial charge < -0.3 is 9.30 Å². The van der Waals surface area contributed by atoms with Crippen LogP contribution in [0.1, 0.15) is 25.6 Å². The summed E-state index contributed by atoms with van der Waals surface area (Å²) in [5, 5.41) is 0. The van der Waals surface area contributed by atoms with Crippen molar-refractivity contribution in [2.45, 2.75) is 26.1 Å². The van der Waals surface area contributed by atoms with Gasteiger partial charge in [-0.1, -0.05) is 13.8 Å². The molecule has 80 valence electrons. The zero-order valence-electron chi connectivity index (χ0n) is 8.09. The van der Waals surface area contributed by atoms with Crippen molar-refractivity contribution < 1.29 is 17.9 Å². The molecule has 14 heavy (non-hydrogen) atoms. The molecule has 0 fully saturated rings. The van der Waals surface area contributed by atoms with E-state index in [-0.39, 0.29) is 5.92 Å². The van der Waals surface area contributed by atoms with Crippen LogP contribution >= 0.6 is 0 Å². The minimum absolute atomic E-state index is 0.0607. The summed E-state index contributed by atoms with van der Waals surface area (Å²) >= 11 is 0. The highest BCUT2D eigenvalue weighted by atomic mass is 19.4. The molecule has 0 aliphatic heterocycles. The molecule has 6 heteroatoms. The molecule has 0 aromatic carbocycles. The lowest BCUT2D eigenvalue weighted by Crippen LogP contribution is -2.17. The van der Waals surface area contributed by atoms with E-state index in [1.165, 1.54) is 10.8 Å². The number of nitrogens with zero attached hydrogens (tertiary/aromatic N) is 2. The average Bonchev–Trinajstić information content (AvgIpc) is 2.26. The first-order valence-corrected chi connectivity index (χ1v) is 4.08. The summed E-state index contributed by atoms with van der Waals surface area (Å²) in [4.78, 5) is 3.72. The quantitative estimate of drug-likeness (QED) is 0.746. The van der Waals surface area contributed by atoms with Crippen LogP contribution in [-0.2, 0) is 7.05 Å². The molecule has 0 aliphatic carbocycles. The fraction of sp³-hybridized carbons (Fsp3) is 0.625. The van der Waals surface area contributed by atoms with Gasteiger partial charge in [0.05, 0.1) is 6.20 Å². The highest BCUT2D eigenvalue weighted by molar-refractivity contribution is 5.12. The van der Waals surface area contributed by atoms with Gasteiger partial charge in [-0.05, 0) is 0 Å². The van der Waals surface area contributed by atoms with Crippen molar-refractivity contribution in [3.8, 4) is 5.88 Å². The number of alkyl halides is 3. The molecule has 0 amide bonds. The van der Waals surface area contributed by atoms with Crippen LogP contribution in [0.4, 0.5) is 13.2 Å². The molecule has 0 radical (unpaired) electrons. The molecule has 1 rings (SSSR count). The van der Waals surface area contributed by atoms with Gasteiger partial charge in [0.25, 0.3) is 0 Å². The highest BCUT2D eigenvalue weighted by Gasteiger charge is 2.32. The van der Waals surface area contributed by atoms with Crippen LogP contribution < -0.4 is 4.74 Å². The van der Waals surface area contributed by atoms with Gasteiger partial charge in [-0.25, -0.2) is 0 Å². The third-order valence-electron chi connectivity index (χ3n) is 1.63. The lowest BCUT2D eigenvalue weighted by molar-refractivity contribution is -0.276. The second kappa shape index (κ2) is 3.51. The molecule has 3 nitrogen and oxygen atoms in total. The first-order valence-electron chi connectivity index (χ1n) is 4.08. The Morgan fingerprint density at radius 1 is 1.43 bits per heavy atom. The molecule has 0 saturated heterocycles. The summed E-state index contributed by atoms with van der Waals surface area (Å²) in [6.07, 6.45) is -3.47. The van der Waals surface area contributed by atoms with Gasteiger partial charge in [-0.15, -0.1) is 13.2 Å². The zero-order valence-corrected chi connectivity index (χ0v) is 8.09. The van der Waals surface area contributed by atoms with E-state index in [1.807, 2.05) is 13.8 Å². The maximum atomic E-state index is 11.8. The second-order valence-electron chi connectivity index (χ2n) is 3.25. The third kappa shape index (κ3) is 2.65. The number of ether oxygens (including phenoxy) is 1. The Hall–Kier alpha value is -1.20. The van der Waals surface area contributed by atoms with Gasteiger partial charge >= 0.3 is 6.36 Å². The van der Waals surface area contributed by atoms with Crippen molar-refractivity contribution in [3.05, 3.63) is 12.0 Å². The Bertz CT molecular complexity index is 317. The Labute approximate surface area is 79.5 Å². The second-order valence-corrected chi connectivity index (χ2v) is 3.25. The molecule has 0 aliphatic rings. The van der Waals surface area contributed by atoms with Crippen molar-refractivity contribution in [1.29, 1.82) is 0 Å². The average molecular weight is 208 g/mol. The largest absolute Gasteiger partial charge is 0.574 e. The molecule has 1 heterocycles. The van der Waals surface area contributed by atoms with Gasteiger partial charge in [0.2, 0.25) is 5.88 Å². The molecule has 0 unspecified atom stereocenters. The molecule has 0 bridgehead atoms. The van der Waals surface area contributed by atoms with E-state index in [9.17, 15) is 13.2 Å². The molecule has 1 aromatic rings. The Balaban J connectivity index is 2.86. The smallest absolute Gasteiger partial charge is 0.386 e. The number of hydrogen-bond acceptors (Lipinski definition) is 2. The van der Waals surface area contributed by atoms with Crippen LogP contribution in [-0.4, -0.2) is 15.9 Å². The van der Waals surface area contributed by atoms with Crippen molar-refractivity contribution in [2.24, 2.45) is 7.05 Å². The molecule has 0 saturated carbocycles. The van der Waals surface area contributed by atoms with E-state index in [0.29, 0.717) is 5.82 Å². The summed E-state index contributed by atoms with van der Waals surface area (Å²) in [6.45, 7) is 3.69. The van der Waals surface area contributed by atoms with Crippen LogP contribution in [0.3, 0.4) is 0 Å². The van der Waals surface area contributed by atoms with Crippen LogP contribution in [0.2, 0.25) is 0 Å². The van der Waals surface area contributed by atoms with Gasteiger partial charge in [0.15, 0.2) is 0 Å². The SMILES string of the molecule is CC(C)c1nc(OC(F)(F)F)cn1C. The predicted octanol–water partition coefficient (Wildman–Crippen LogP) is 2.44. The summed E-state index contributed by atoms with van der Waals surface area (Å²) in [5.41, 5.74) is 0. The van der Waals surface area contributed by atoms with Crippen molar-refractivity contribution in [3.63, 3.8) is 0 Å². The van der Waals surface area contributed by atoms with E-state index < -0.39 is 12.2 Å². The van der Waals surface area contributed by atoms with Gasteiger partial charge in [0, 0.05) is 13.0 Å². The van der Waals surface area contributed by atoms with Crippen LogP contribution in [0, 0.1) is 0 Å². The predicted molar refractivity (Wildman–Crippen MR) is 44.0 cm³/mol. The number of halogens is 3. The molecule has 0 atom stereocenters. The normalized spacial score (nSPS) is 12.2. The number of imidazole rings is 1. The third-order valence-corrected chi connectivity index (χ3v) is 1.63. The van der Waals surface area contributed by atoms with E-state index >= 15 is 0 Å². The molecule has 1 aromatic heterocycles. The molecular weight excluding hydrogens is 197 g/mol. The zero-order chi connectivity index (χ0) is 10.9. The van der Waals surface area contributed by atoms with Gasteiger partial charge in [0.1, 0.15) is 5.82 Å². The lowest BCUT2D eigenvalue weighted by atomic mass is 10.2. The Morgan fingerprint density at radius 2 is 2.00 bits per heavy atom. The van der Waals surface area contributed by atoms with Crippen LogP contribution in [0.15, 0.2) is 6.20 Å². The minimum atomic E-state index is -4.68. The maximum absolute atomic E-state index is 11.8. The Morgan fingerprint density at radius 3 is 2.36 bits per heavy atom. The van der Waals surface area contributed by atoms with Gasteiger partial charge in [-0.2, -0.15) is 4.98 Å². The van der Waals surface area contributed by atoms with E-state index in [1.54, 1.807) is 7.05 Å². The fourth-order valence-electron chi connectivity index (χ4n) is 1.16. The number of hydrogen-bond donors (Lipinski definition) is 0. The fourth-order valence-corrected chi connectivity index (χ4v) is 1.16. The van der Waals surface area contributed by atoms with Crippen molar-refractivity contribution in [2.75, 3.05) is 0 Å². The Kier molecular flexibility index (Phi) is 2.73. The molecular formula is C8H11F3N2O. The first-order chi connectivity index (χ1) is 6.29. The lowest BCUT2D eigenvalue weighted by Gasteiger charge is -2.04.